The number of hydrogen-bond acceptors (Lipinski definition) is 3. The van der Waals surface area contributed by atoms with Gasteiger partial charge in [-0.05, 0) is 34.5 Å². The fourth-order valence-corrected chi connectivity index (χ4v) is 2.32. The first-order chi connectivity index (χ1) is 8.52. The molecule has 0 radical (unpaired) electrons. The molecule has 0 atom stereocenters. The van der Waals surface area contributed by atoms with Crippen LogP contribution in [0.3, 0.4) is 0 Å². The van der Waals surface area contributed by atoms with Crippen LogP contribution in [0, 0.1) is 6.92 Å². The molecule has 0 heterocycles. The third kappa shape index (κ3) is 4.70. The van der Waals surface area contributed by atoms with Crippen molar-refractivity contribution in [2.24, 2.45) is 0 Å². The van der Waals surface area contributed by atoms with Crippen molar-refractivity contribution in [3.63, 3.8) is 0 Å². The summed E-state index contributed by atoms with van der Waals surface area (Å²) >= 11 is 4.66. The van der Waals surface area contributed by atoms with Gasteiger partial charge in [0.05, 0.1) is 11.3 Å². The van der Waals surface area contributed by atoms with Crippen LogP contribution in [0.2, 0.25) is 0 Å². The molecule has 4 nitrogen and oxygen atoms in total. The lowest BCUT2D eigenvalue weighted by Crippen LogP contribution is -2.26. The molecule has 0 spiro atoms. The van der Waals surface area contributed by atoms with Crippen LogP contribution in [0.15, 0.2) is 22.7 Å². The average Bonchev–Trinajstić information content (AvgIpc) is 2.31. The molecule has 2 N–H and O–H groups in total. The minimum Gasteiger partial charge on any atom is -0.481 e. The van der Waals surface area contributed by atoms with E-state index in [0.717, 1.165) is 10.0 Å². The second kappa shape index (κ2) is 7.43. The average molecular weight is 332 g/mol. The van der Waals surface area contributed by atoms with Gasteiger partial charge in [0.1, 0.15) is 0 Å². The van der Waals surface area contributed by atoms with Gasteiger partial charge in [-0.3, -0.25) is 9.59 Å². The molecule has 0 aromatic heterocycles. The van der Waals surface area contributed by atoms with Gasteiger partial charge in [-0.25, -0.2) is 0 Å². The molecule has 0 aliphatic heterocycles. The third-order valence-electron chi connectivity index (χ3n) is 2.19. The molecule has 0 unspecified atom stereocenters. The Kier molecular flexibility index (Phi) is 6.21. The molecule has 0 bridgehead atoms. The lowest BCUT2D eigenvalue weighted by Gasteiger charge is -2.08. The zero-order chi connectivity index (χ0) is 13.5. The Labute approximate surface area is 118 Å². The summed E-state index contributed by atoms with van der Waals surface area (Å²) in [5.41, 5.74) is 1.60. The third-order valence-corrected chi connectivity index (χ3v) is 4.19. The molecule has 0 aliphatic rings. The van der Waals surface area contributed by atoms with E-state index in [-0.39, 0.29) is 11.7 Å². The van der Waals surface area contributed by atoms with E-state index < -0.39 is 5.97 Å². The first kappa shape index (κ1) is 15.0. The zero-order valence-corrected chi connectivity index (χ0v) is 12.3. The number of aliphatic carboxylic acids is 1. The number of carboxylic acid groups (broad SMARTS) is 1. The largest absolute Gasteiger partial charge is 0.481 e. The summed E-state index contributed by atoms with van der Waals surface area (Å²) in [6.45, 7) is 2.38. The van der Waals surface area contributed by atoms with E-state index in [2.05, 4.69) is 21.2 Å². The maximum atomic E-state index is 11.8. The number of rotatable bonds is 6. The molecule has 1 aromatic rings. The molecular formula is C12H14BrNO3S. The highest BCUT2D eigenvalue weighted by Crippen LogP contribution is 2.20. The number of benzene rings is 1. The van der Waals surface area contributed by atoms with E-state index in [4.69, 9.17) is 5.11 Å². The number of halogens is 1. The summed E-state index contributed by atoms with van der Waals surface area (Å²) in [7, 11) is 0. The highest BCUT2D eigenvalue weighted by Gasteiger charge is 2.10. The van der Waals surface area contributed by atoms with Gasteiger partial charge in [-0.15, -0.1) is 11.8 Å². The van der Waals surface area contributed by atoms with Crippen LogP contribution >= 0.6 is 27.7 Å². The predicted octanol–water partition coefficient (Wildman–Crippen LogP) is 2.31. The van der Waals surface area contributed by atoms with Crippen LogP contribution in [0.4, 0.5) is 0 Å². The molecule has 6 heteroatoms. The molecule has 0 fully saturated rings. The number of aryl methyl sites for hydroxylation is 1. The summed E-state index contributed by atoms with van der Waals surface area (Å²) < 4.78 is 0.792. The predicted molar refractivity (Wildman–Crippen MR) is 76.2 cm³/mol. The molecule has 18 heavy (non-hydrogen) atoms. The van der Waals surface area contributed by atoms with Gasteiger partial charge in [0.25, 0.3) is 5.91 Å². The van der Waals surface area contributed by atoms with Gasteiger partial charge in [-0.2, -0.15) is 0 Å². The van der Waals surface area contributed by atoms with Gasteiger partial charge >= 0.3 is 5.97 Å². The molecule has 1 rings (SSSR count). The molecule has 0 saturated heterocycles. The van der Waals surface area contributed by atoms with Gasteiger partial charge in [-0.1, -0.05) is 12.1 Å². The molecule has 98 valence electrons. The normalized spacial score (nSPS) is 10.1. The number of carboxylic acids is 1. The lowest BCUT2D eigenvalue weighted by molar-refractivity contribution is -0.133. The van der Waals surface area contributed by atoms with Crippen LogP contribution in [-0.4, -0.2) is 35.0 Å². The van der Waals surface area contributed by atoms with Crippen LogP contribution in [0.5, 0.6) is 0 Å². The van der Waals surface area contributed by atoms with Crippen molar-refractivity contribution in [3.05, 3.63) is 33.8 Å². The fraction of sp³-hybridized carbons (Fsp3) is 0.333. The number of nitrogens with one attached hydrogen (secondary N) is 1. The van der Waals surface area contributed by atoms with Crippen molar-refractivity contribution in [2.75, 3.05) is 18.1 Å². The maximum Gasteiger partial charge on any atom is 0.313 e. The molecule has 1 aromatic carbocycles. The zero-order valence-electron chi connectivity index (χ0n) is 9.90. The van der Waals surface area contributed by atoms with E-state index in [9.17, 15) is 9.59 Å². The van der Waals surface area contributed by atoms with Crippen molar-refractivity contribution in [2.45, 2.75) is 6.92 Å². The summed E-state index contributed by atoms with van der Waals surface area (Å²) in [5, 5.41) is 11.2. The number of hydrogen-bond donors (Lipinski definition) is 2. The second-order valence-corrected chi connectivity index (χ2v) is 5.54. The Balaban J connectivity index is 2.41. The number of thioether (sulfide) groups is 1. The highest BCUT2D eigenvalue weighted by atomic mass is 79.9. The second-order valence-electron chi connectivity index (χ2n) is 3.64. The SMILES string of the molecule is Cc1cccc(C(=O)NCCSCC(=O)O)c1Br. The first-order valence-corrected chi connectivity index (χ1v) is 7.30. The Morgan fingerprint density at radius 1 is 1.44 bits per heavy atom. The molecule has 0 aliphatic carbocycles. The first-order valence-electron chi connectivity index (χ1n) is 5.35. The number of amides is 1. The molecule has 1 amide bonds. The maximum absolute atomic E-state index is 11.8. The minimum absolute atomic E-state index is 0.0595. The monoisotopic (exact) mass is 331 g/mol. The van der Waals surface area contributed by atoms with E-state index in [1.807, 2.05) is 19.1 Å². The number of carbonyl (C=O) groups is 2. The van der Waals surface area contributed by atoms with E-state index in [1.54, 1.807) is 6.07 Å². The Hall–Kier alpha value is -1.01. The van der Waals surface area contributed by atoms with Crippen molar-refractivity contribution in [3.8, 4) is 0 Å². The quantitative estimate of drug-likeness (QED) is 0.785. The lowest BCUT2D eigenvalue weighted by atomic mass is 10.1. The van der Waals surface area contributed by atoms with Crippen LogP contribution < -0.4 is 5.32 Å². The van der Waals surface area contributed by atoms with Crippen LogP contribution in [0.25, 0.3) is 0 Å². The van der Waals surface area contributed by atoms with E-state index in [1.165, 1.54) is 11.8 Å². The van der Waals surface area contributed by atoms with Gasteiger partial charge in [0.15, 0.2) is 0 Å². The Bertz CT molecular complexity index is 451. The van der Waals surface area contributed by atoms with E-state index in [0.29, 0.717) is 17.9 Å². The van der Waals surface area contributed by atoms with Crippen molar-refractivity contribution < 1.29 is 14.7 Å². The van der Waals surface area contributed by atoms with Crippen LogP contribution in [-0.2, 0) is 4.79 Å². The molecule has 0 saturated carbocycles. The summed E-state index contributed by atoms with van der Waals surface area (Å²) in [5.74, 6) is -0.347. The number of carbonyl (C=O) groups excluding carboxylic acids is 1. The molecular weight excluding hydrogens is 318 g/mol. The topological polar surface area (TPSA) is 66.4 Å². The van der Waals surface area contributed by atoms with Crippen molar-refractivity contribution >= 4 is 39.6 Å². The summed E-state index contributed by atoms with van der Waals surface area (Å²) in [4.78, 5) is 22.1. The van der Waals surface area contributed by atoms with Gasteiger partial charge in [0.2, 0.25) is 0 Å². The summed E-state index contributed by atoms with van der Waals surface area (Å²) in [6, 6.07) is 5.49. The Morgan fingerprint density at radius 2 is 2.17 bits per heavy atom. The smallest absolute Gasteiger partial charge is 0.313 e. The van der Waals surface area contributed by atoms with Gasteiger partial charge < -0.3 is 10.4 Å². The highest BCUT2D eigenvalue weighted by molar-refractivity contribution is 9.10. The fourth-order valence-electron chi connectivity index (χ4n) is 1.31. The standard InChI is InChI=1S/C12H14BrNO3S/c1-8-3-2-4-9(11(8)13)12(17)14-5-6-18-7-10(15)16/h2-4H,5-7H2,1H3,(H,14,17)(H,15,16). The summed E-state index contributed by atoms with van der Waals surface area (Å²) in [6.07, 6.45) is 0. The van der Waals surface area contributed by atoms with Crippen molar-refractivity contribution in [1.29, 1.82) is 0 Å². The van der Waals surface area contributed by atoms with Crippen LogP contribution in [0.1, 0.15) is 15.9 Å². The van der Waals surface area contributed by atoms with Gasteiger partial charge in [0, 0.05) is 16.8 Å². The minimum atomic E-state index is -0.840. The Morgan fingerprint density at radius 3 is 2.83 bits per heavy atom. The van der Waals surface area contributed by atoms with Crippen molar-refractivity contribution in [1.82, 2.24) is 5.32 Å². The van der Waals surface area contributed by atoms with E-state index >= 15 is 0 Å².